The highest BCUT2D eigenvalue weighted by Gasteiger charge is 2.11. The van der Waals surface area contributed by atoms with Crippen LogP contribution in [0.5, 0.6) is 0 Å². The lowest BCUT2D eigenvalue weighted by molar-refractivity contribution is 0.210. The van der Waals surface area contributed by atoms with Crippen LogP contribution in [0.25, 0.3) is 0 Å². The van der Waals surface area contributed by atoms with Crippen molar-refractivity contribution in [1.29, 1.82) is 0 Å². The average Bonchev–Trinajstić information content (AvgIpc) is 2.19. The molecular formula is C7H12BN3O3. The second-order valence-corrected chi connectivity index (χ2v) is 2.63. The third-order valence-corrected chi connectivity index (χ3v) is 1.56. The molecule has 1 aromatic heterocycles. The first-order valence-electron chi connectivity index (χ1n) is 4.15. The molecule has 0 fully saturated rings. The molecule has 1 heterocycles. The maximum Gasteiger partial charge on any atom is 0.491 e. The maximum atomic E-state index is 8.76. The van der Waals surface area contributed by atoms with E-state index in [0.717, 1.165) is 0 Å². The standard InChI is InChI=1S/C7H12BN3O3/c1-14-3-2-9-7-10-4-6(5-11-7)8(12)13/h4-5,12-13H,2-3H2,1H3,(H,9,10,11). The minimum absolute atomic E-state index is 0.266. The molecule has 0 spiro atoms. The van der Waals surface area contributed by atoms with Crippen LogP contribution in [0.1, 0.15) is 0 Å². The van der Waals surface area contributed by atoms with Crippen molar-refractivity contribution in [2.24, 2.45) is 0 Å². The van der Waals surface area contributed by atoms with Gasteiger partial charge in [0.05, 0.1) is 6.61 Å². The van der Waals surface area contributed by atoms with Crippen molar-refractivity contribution in [3.63, 3.8) is 0 Å². The van der Waals surface area contributed by atoms with Crippen molar-refractivity contribution in [1.82, 2.24) is 9.97 Å². The van der Waals surface area contributed by atoms with E-state index in [1.54, 1.807) is 7.11 Å². The smallest absolute Gasteiger partial charge is 0.423 e. The summed E-state index contributed by atoms with van der Waals surface area (Å²) in [5.74, 6) is 0.437. The molecule has 3 N–H and O–H groups in total. The van der Waals surface area contributed by atoms with Crippen LogP contribution in [0.15, 0.2) is 12.4 Å². The molecule has 0 saturated heterocycles. The Labute approximate surface area is 82.1 Å². The molecule has 1 rings (SSSR count). The van der Waals surface area contributed by atoms with Crippen molar-refractivity contribution in [2.75, 3.05) is 25.6 Å². The number of anilines is 1. The van der Waals surface area contributed by atoms with Gasteiger partial charge < -0.3 is 20.1 Å². The lowest BCUT2D eigenvalue weighted by atomic mass is 9.83. The van der Waals surface area contributed by atoms with Crippen molar-refractivity contribution in [3.05, 3.63) is 12.4 Å². The molecule has 0 bridgehead atoms. The Bertz CT molecular complexity index is 267. The van der Waals surface area contributed by atoms with Gasteiger partial charge in [0.25, 0.3) is 0 Å². The van der Waals surface area contributed by atoms with E-state index < -0.39 is 7.12 Å². The van der Waals surface area contributed by atoms with Crippen LogP contribution >= 0.6 is 0 Å². The van der Waals surface area contributed by atoms with Gasteiger partial charge in [0.1, 0.15) is 0 Å². The highest BCUT2D eigenvalue weighted by molar-refractivity contribution is 6.58. The molecule has 0 radical (unpaired) electrons. The normalized spacial score (nSPS) is 9.93. The third-order valence-electron chi connectivity index (χ3n) is 1.56. The molecule has 0 aliphatic heterocycles. The van der Waals surface area contributed by atoms with Crippen LogP contribution in [0, 0.1) is 0 Å². The monoisotopic (exact) mass is 197 g/mol. The molecule has 76 valence electrons. The summed E-state index contributed by atoms with van der Waals surface area (Å²) in [5.41, 5.74) is 0.266. The summed E-state index contributed by atoms with van der Waals surface area (Å²) in [6.45, 7) is 1.17. The largest absolute Gasteiger partial charge is 0.491 e. The Hall–Kier alpha value is -1.18. The highest BCUT2D eigenvalue weighted by atomic mass is 16.5. The quantitative estimate of drug-likeness (QED) is 0.382. The fourth-order valence-electron chi connectivity index (χ4n) is 0.828. The van der Waals surface area contributed by atoms with E-state index in [1.807, 2.05) is 0 Å². The number of nitrogens with one attached hydrogen (secondary N) is 1. The van der Waals surface area contributed by atoms with Gasteiger partial charge >= 0.3 is 7.12 Å². The predicted octanol–water partition coefficient (Wildman–Crippen LogP) is -1.79. The van der Waals surface area contributed by atoms with Gasteiger partial charge in [-0.15, -0.1) is 0 Å². The minimum atomic E-state index is -1.52. The van der Waals surface area contributed by atoms with E-state index in [1.165, 1.54) is 12.4 Å². The first kappa shape index (κ1) is 10.9. The lowest BCUT2D eigenvalue weighted by Crippen LogP contribution is -2.30. The molecule has 0 atom stereocenters. The zero-order valence-corrected chi connectivity index (χ0v) is 7.84. The Balaban J connectivity index is 2.47. The number of hydrogen-bond donors (Lipinski definition) is 3. The summed E-state index contributed by atoms with van der Waals surface area (Å²) in [5, 5.41) is 20.4. The van der Waals surface area contributed by atoms with Gasteiger partial charge in [-0.2, -0.15) is 0 Å². The summed E-state index contributed by atoms with van der Waals surface area (Å²) in [4.78, 5) is 7.75. The van der Waals surface area contributed by atoms with Crippen LogP contribution in [-0.2, 0) is 4.74 Å². The van der Waals surface area contributed by atoms with Gasteiger partial charge in [-0.3, -0.25) is 0 Å². The van der Waals surface area contributed by atoms with Gasteiger partial charge in [0.2, 0.25) is 5.95 Å². The Morgan fingerprint density at radius 1 is 1.43 bits per heavy atom. The first-order chi connectivity index (χ1) is 6.74. The Kier molecular flexibility index (Phi) is 4.31. The molecule has 1 aromatic rings. The Morgan fingerprint density at radius 2 is 2.07 bits per heavy atom. The molecule has 0 amide bonds. The summed E-state index contributed by atoms with van der Waals surface area (Å²) in [6.07, 6.45) is 2.71. The molecule has 14 heavy (non-hydrogen) atoms. The predicted molar refractivity (Wildman–Crippen MR) is 52.2 cm³/mol. The average molecular weight is 197 g/mol. The first-order valence-corrected chi connectivity index (χ1v) is 4.15. The van der Waals surface area contributed by atoms with Crippen molar-refractivity contribution in [2.45, 2.75) is 0 Å². The zero-order valence-electron chi connectivity index (χ0n) is 7.84. The molecular weight excluding hydrogens is 185 g/mol. The van der Waals surface area contributed by atoms with Crippen molar-refractivity contribution >= 4 is 18.5 Å². The zero-order chi connectivity index (χ0) is 10.4. The van der Waals surface area contributed by atoms with E-state index in [4.69, 9.17) is 14.8 Å². The molecule has 6 nitrogen and oxygen atoms in total. The third kappa shape index (κ3) is 3.29. The fraction of sp³-hybridized carbons (Fsp3) is 0.429. The number of rotatable bonds is 5. The number of methoxy groups -OCH3 is 1. The van der Waals surface area contributed by atoms with Crippen LogP contribution in [-0.4, -0.2) is 47.4 Å². The number of hydrogen-bond acceptors (Lipinski definition) is 6. The highest BCUT2D eigenvalue weighted by Crippen LogP contribution is 1.91. The van der Waals surface area contributed by atoms with Gasteiger partial charge in [0.15, 0.2) is 0 Å². The molecule has 7 heteroatoms. The van der Waals surface area contributed by atoms with Gasteiger partial charge in [-0.05, 0) is 0 Å². The van der Waals surface area contributed by atoms with Crippen LogP contribution in [0.2, 0.25) is 0 Å². The maximum absolute atomic E-state index is 8.76. The van der Waals surface area contributed by atoms with Crippen LogP contribution in [0.4, 0.5) is 5.95 Å². The van der Waals surface area contributed by atoms with Crippen molar-refractivity contribution in [3.8, 4) is 0 Å². The second-order valence-electron chi connectivity index (χ2n) is 2.63. The topological polar surface area (TPSA) is 87.5 Å². The van der Waals surface area contributed by atoms with E-state index >= 15 is 0 Å². The molecule has 0 aromatic carbocycles. The number of ether oxygens (including phenoxy) is 1. The Morgan fingerprint density at radius 3 is 2.57 bits per heavy atom. The number of aromatic nitrogens is 2. The van der Waals surface area contributed by atoms with E-state index in [-0.39, 0.29) is 5.46 Å². The van der Waals surface area contributed by atoms with Gasteiger partial charge in [-0.25, -0.2) is 9.97 Å². The van der Waals surface area contributed by atoms with Gasteiger partial charge in [0, 0.05) is 31.5 Å². The molecule has 0 aliphatic rings. The summed E-state index contributed by atoms with van der Waals surface area (Å²) < 4.78 is 4.83. The number of nitrogens with zero attached hydrogens (tertiary/aromatic N) is 2. The van der Waals surface area contributed by atoms with Gasteiger partial charge in [-0.1, -0.05) is 0 Å². The molecule has 0 saturated carbocycles. The molecule has 0 aliphatic carbocycles. The van der Waals surface area contributed by atoms with Crippen LogP contribution < -0.4 is 10.8 Å². The van der Waals surface area contributed by atoms with E-state index in [0.29, 0.717) is 19.1 Å². The van der Waals surface area contributed by atoms with E-state index in [9.17, 15) is 0 Å². The SMILES string of the molecule is COCCNc1ncc(B(O)O)cn1. The summed E-state index contributed by atoms with van der Waals surface area (Å²) >= 11 is 0. The minimum Gasteiger partial charge on any atom is -0.423 e. The van der Waals surface area contributed by atoms with E-state index in [2.05, 4.69) is 15.3 Å². The summed E-state index contributed by atoms with van der Waals surface area (Å²) in [7, 11) is 0.0799. The van der Waals surface area contributed by atoms with Crippen molar-refractivity contribution < 1.29 is 14.8 Å². The lowest BCUT2D eigenvalue weighted by Gasteiger charge is -2.03. The molecule has 0 unspecified atom stereocenters. The summed E-state index contributed by atoms with van der Waals surface area (Å²) in [6, 6.07) is 0. The van der Waals surface area contributed by atoms with Crippen LogP contribution in [0.3, 0.4) is 0 Å². The fourth-order valence-corrected chi connectivity index (χ4v) is 0.828. The second kappa shape index (κ2) is 5.53.